The van der Waals surface area contributed by atoms with Crippen LogP contribution in [-0.2, 0) is 0 Å². The Kier molecular flexibility index (Phi) is 2.69. The number of para-hydroxylation sites is 1. The molecule has 23 heavy (non-hydrogen) atoms. The fraction of sp³-hybridized carbons (Fsp3) is 0.0556. The highest BCUT2D eigenvalue weighted by Gasteiger charge is 2.23. The Hall–Kier alpha value is -3.57. The molecule has 0 unspecified atom stereocenters. The summed E-state index contributed by atoms with van der Waals surface area (Å²) >= 11 is 0. The van der Waals surface area contributed by atoms with Gasteiger partial charge in [-0.2, -0.15) is 15.6 Å². The Morgan fingerprint density at radius 3 is 2.52 bits per heavy atom. The Morgan fingerprint density at radius 1 is 1.00 bits per heavy atom. The number of hydrogen-bond acceptors (Lipinski definition) is 4. The Morgan fingerprint density at radius 2 is 1.74 bits per heavy atom. The van der Waals surface area contributed by atoms with E-state index in [9.17, 15) is 10.5 Å². The van der Waals surface area contributed by atoms with E-state index in [4.69, 9.17) is 4.74 Å². The first kappa shape index (κ1) is 13.1. The lowest BCUT2D eigenvalue weighted by atomic mass is 10.1. The molecule has 0 N–H and O–H groups in total. The van der Waals surface area contributed by atoms with Crippen molar-refractivity contribution in [1.29, 1.82) is 10.5 Å². The van der Waals surface area contributed by atoms with E-state index in [0.29, 0.717) is 22.7 Å². The Bertz CT molecular complexity index is 1030. The lowest BCUT2D eigenvalue weighted by Crippen LogP contribution is -2.00. The minimum Gasteiger partial charge on any atom is -0.454 e. The lowest BCUT2D eigenvalue weighted by Gasteiger charge is -2.10. The van der Waals surface area contributed by atoms with Crippen LogP contribution in [0.15, 0.2) is 42.5 Å². The highest BCUT2D eigenvalue weighted by atomic mass is 16.5. The van der Waals surface area contributed by atoms with Crippen molar-refractivity contribution in [3.05, 3.63) is 59.3 Å². The van der Waals surface area contributed by atoms with Crippen LogP contribution < -0.4 is 4.74 Å². The third-order valence-corrected chi connectivity index (χ3v) is 3.78. The van der Waals surface area contributed by atoms with E-state index in [2.05, 4.69) is 11.2 Å². The molecule has 1 aliphatic heterocycles. The molecule has 3 aromatic rings. The van der Waals surface area contributed by atoms with Gasteiger partial charge in [0.2, 0.25) is 0 Å². The van der Waals surface area contributed by atoms with E-state index < -0.39 is 0 Å². The van der Waals surface area contributed by atoms with Gasteiger partial charge in [-0.25, -0.2) is 4.68 Å². The summed E-state index contributed by atoms with van der Waals surface area (Å²) in [6.07, 6.45) is 0. The number of nitrogens with zero attached hydrogens (tertiary/aromatic N) is 4. The highest BCUT2D eigenvalue weighted by Crippen LogP contribution is 2.41. The normalized spacial score (nSPS) is 11.1. The highest BCUT2D eigenvalue weighted by molar-refractivity contribution is 5.74. The van der Waals surface area contributed by atoms with Crippen molar-refractivity contribution in [2.75, 3.05) is 0 Å². The van der Waals surface area contributed by atoms with Crippen molar-refractivity contribution in [3.63, 3.8) is 0 Å². The standard InChI is InChI=1S/C18H10N4O/c1-11-6-15-14-4-2-3-5-17(14)23-18-8-13(10-20)12(9-19)7-16(18)22(15)21-11/h2-8H,1H3. The van der Waals surface area contributed by atoms with Crippen LogP contribution in [0, 0.1) is 29.6 Å². The van der Waals surface area contributed by atoms with Gasteiger partial charge in [-0.3, -0.25) is 0 Å². The molecule has 0 saturated heterocycles. The van der Waals surface area contributed by atoms with Gasteiger partial charge in [-0.1, -0.05) is 12.1 Å². The van der Waals surface area contributed by atoms with Gasteiger partial charge < -0.3 is 4.74 Å². The van der Waals surface area contributed by atoms with Gasteiger partial charge in [-0.05, 0) is 31.2 Å². The Balaban J connectivity index is 2.11. The summed E-state index contributed by atoms with van der Waals surface area (Å²) < 4.78 is 7.77. The van der Waals surface area contributed by atoms with E-state index in [1.54, 1.807) is 16.8 Å². The van der Waals surface area contributed by atoms with Crippen LogP contribution in [0.2, 0.25) is 0 Å². The molecule has 108 valence electrons. The van der Waals surface area contributed by atoms with E-state index in [1.165, 1.54) is 0 Å². The molecule has 0 fully saturated rings. The number of rotatable bonds is 0. The molecule has 0 amide bonds. The van der Waals surface area contributed by atoms with Gasteiger partial charge in [0, 0.05) is 11.6 Å². The zero-order valence-corrected chi connectivity index (χ0v) is 12.2. The number of nitriles is 2. The Labute approximate surface area is 132 Å². The zero-order valence-electron chi connectivity index (χ0n) is 12.2. The molecule has 0 aliphatic carbocycles. The monoisotopic (exact) mass is 298 g/mol. The number of aromatic nitrogens is 2. The van der Waals surface area contributed by atoms with Crippen molar-refractivity contribution in [2.45, 2.75) is 6.92 Å². The number of hydrogen-bond donors (Lipinski definition) is 0. The minimum absolute atomic E-state index is 0.288. The zero-order chi connectivity index (χ0) is 16.0. The van der Waals surface area contributed by atoms with Gasteiger partial charge in [0.25, 0.3) is 0 Å². The molecule has 0 atom stereocenters. The maximum atomic E-state index is 9.28. The van der Waals surface area contributed by atoms with Gasteiger partial charge in [0.15, 0.2) is 5.75 Å². The van der Waals surface area contributed by atoms with E-state index in [1.807, 2.05) is 43.3 Å². The van der Waals surface area contributed by atoms with Crippen LogP contribution in [0.3, 0.4) is 0 Å². The van der Waals surface area contributed by atoms with Gasteiger partial charge >= 0.3 is 0 Å². The maximum absolute atomic E-state index is 9.28. The van der Waals surface area contributed by atoms with Crippen molar-refractivity contribution < 1.29 is 4.74 Å². The summed E-state index contributed by atoms with van der Waals surface area (Å²) in [6.45, 7) is 1.92. The van der Waals surface area contributed by atoms with Crippen molar-refractivity contribution in [2.24, 2.45) is 0 Å². The third-order valence-electron chi connectivity index (χ3n) is 3.78. The van der Waals surface area contributed by atoms with Crippen molar-refractivity contribution in [3.8, 4) is 40.6 Å². The van der Waals surface area contributed by atoms with Crippen LogP contribution in [0.5, 0.6) is 11.5 Å². The number of aryl methyl sites for hydroxylation is 1. The van der Waals surface area contributed by atoms with Gasteiger partial charge in [0.1, 0.15) is 23.6 Å². The molecule has 1 aromatic heterocycles. The molecule has 2 heterocycles. The molecule has 0 bridgehead atoms. The molecule has 0 saturated carbocycles. The summed E-state index contributed by atoms with van der Waals surface area (Å²) in [5.41, 5.74) is 3.92. The fourth-order valence-corrected chi connectivity index (χ4v) is 2.76. The molecule has 2 aromatic carbocycles. The smallest absolute Gasteiger partial charge is 0.154 e. The first-order valence-corrected chi connectivity index (χ1v) is 7.04. The second kappa shape index (κ2) is 4.72. The second-order valence-electron chi connectivity index (χ2n) is 5.27. The second-order valence-corrected chi connectivity index (χ2v) is 5.27. The topological polar surface area (TPSA) is 74.6 Å². The predicted molar refractivity (Wildman–Crippen MR) is 83.2 cm³/mol. The molecular weight excluding hydrogens is 288 g/mol. The maximum Gasteiger partial charge on any atom is 0.154 e. The summed E-state index contributed by atoms with van der Waals surface area (Å²) in [5, 5.41) is 23.0. The van der Waals surface area contributed by atoms with E-state index in [0.717, 1.165) is 17.0 Å². The third kappa shape index (κ3) is 1.88. The number of benzene rings is 2. The van der Waals surface area contributed by atoms with Gasteiger partial charge in [0.05, 0.1) is 22.5 Å². The van der Waals surface area contributed by atoms with Crippen LogP contribution in [0.1, 0.15) is 16.8 Å². The van der Waals surface area contributed by atoms with Crippen LogP contribution in [0.4, 0.5) is 0 Å². The largest absolute Gasteiger partial charge is 0.454 e. The predicted octanol–water partition coefficient (Wildman–Crippen LogP) is 3.70. The van der Waals surface area contributed by atoms with Crippen LogP contribution >= 0.6 is 0 Å². The SMILES string of the molecule is Cc1cc2n(n1)-c1cc(C#N)c(C#N)cc1Oc1ccccc1-2. The summed E-state index contributed by atoms with van der Waals surface area (Å²) in [7, 11) is 0. The summed E-state index contributed by atoms with van der Waals surface area (Å²) in [4.78, 5) is 0. The quantitative estimate of drug-likeness (QED) is 0.496. The van der Waals surface area contributed by atoms with E-state index >= 15 is 0 Å². The number of ether oxygens (including phenoxy) is 1. The molecule has 0 radical (unpaired) electrons. The molecule has 1 aliphatic rings. The summed E-state index contributed by atoms with van der Waals surface area (Å²) in [5.74, 6) is 1.20. The summed E-state index contributed by atoms with van der Waals surface area (Å²) in [6, 6.07) is 17.0. The average molecular weight is 298 g/mol. The fourth-order valence-electron chi connectivity index (χ4n) is 2.76. The molecule has 4 rings (SSSR count). The molecule has 5 heteroatoms. The minimum atomic E-state index is 0.288. The molecule has 5 nitrogen and oxygen atoms in total. The molecule has 0 spiro atoms. The average Bonchev–Trinajstić information content (AvgIpc) is 2.91. The first-order valence-electron chi connectivity index (χ1n) is 7.04. The lowest BCUT2D eigenvalue weighted by molar-refractivity contribution is 0.484. The van der Waals surface area contributed by atoms with Crippen LogP contribution in [0.25, 0.3) is 16.9 Å². The number of fused-ring (bicyclic) bond motifs is 5. The van der Waals surface area contributed by atoms with E-state index in [-0.39, 0.29) is 5.56 Å². The molecular formula is C18H10N4O. The van der Waals surface area contributed by atoms with Gasteiger partial charge in [-0.15, -0.1) is 0 Å². The van der Waals surface area contributed by atoms with Crippen LogP contribution in [-0.4, -0.2) is 9.78 Å². The van der Waals surface area contributed by atoms with Crippen molar-refractivity contribution >= 4 is 0 Å². The first-order chi connectivity index (χ1) is 11.2. The van der Waals surface area contributed by atoms with Crippen molar-refractivity contribution in [1.82, 2.24) is 9.78 Å².